The first kappa shape index (κ1) is 12.0. The predicted molar refractivity (Wildman–Crippen MR) is 56.0 cm³/mol. The van der Waals surface area contributed by atoms with Gasteiger partial charge in [0.2, 0.25) is 0 Å². The molecule has 2 heterocycles. The molecule has 0 aliphatic carbocycles. The number of alkyl halides is 3. The van der Waals surface area contributed by atoms with Crippen LogP contribution in [0.5, 0.6) is 0 Å². The quantitative estimate of drug-likeness (QED) is 0.682. The second kappa shape index (κ2) is 4.09. The molecular weight excluding hydrogens is 233 g/mol. The van der Waals surface area contributed by atoms with Crippen LogP contribution in [-0.4, -0.2) is 24.5 Å². The van der Waals surface area contributed by atoms with Gasteiger partial charge < -0.3 is 10.6 Å². The maximum Gasteiger partial charge on any atom is 0.414 e. The van der Waals surface area contributed by atoms with E-state index in [0.717, 1.165) is 6.08 Å². The van der Waals surface area contributed by atoms with E-state index in [1.165, 1.54) is 6.92 Å². The van der Waals surface area contributed by atoms with Gasteiger partial charge in [0.05, 0.1) is 17.3 Å². The molecule has 0 saturated carbocycles. The summed E-state index contributed by atoms with van der Waals surface area (Å²) in [4.78, 5) is 11.7. The molecular formula is C11H13F3N2O. The van der Waals surface area contributed by atoms with Crippen LogP contribution in [0.4, 0.5) is 13.2 Å². The fourth-order valence-corrected chi connectivity index (χ4v) is 2.02. The zero-order valence-electron chi connectivity index (χ0n) is 9.32. The predicted octanol–water partition coefficient (Wildman–Crippen LogP) is 1.63. The molecule has 0 aromatic carbocycles. The number of carbonyl (C=O) groups is 1. The fraction of sp³-hybridized carbons (Fsp3) is 0.545. The first-order valence-electron chi connectivity index (χ1n) is 5.46. The zero-order valence-corrected chi connectivity index (χ0v) is 9.32. The van der Waals surface area contributed by atoms with Crippen molar-refractivity contribution < 1.29 is 18.0 Å². The van der Waals surface area contributed by atoms with Gasteiger partial charge in [-0.05, 0) is 19.4 Å². The smallest absolute Gasteiger partial charge is 0.383 e. The summed E-state index contributed by atoms with van der Waals surface area (Å²) in [5.41, 5.74) is -0.112. The van der Waals surface area contributed by atoms with Crippen molar-refractivity contribution in [2.75, 3.05) is 6.54 Å². The molecule has 0 spiro atoms. The number of Topliss-reactive ketones (excluding diaryl/α,β-unsaturated/α-hetero) is 1. The van der Waals surface area contributed by atoms with Gasteiger partial charge in [-0.1, -0.05) is 0 Å². The van der Waals surface area contributed by atoms with E-state index in [0.29, 0.717) is 19.4 Å². The van der Waals surface area contributed by atoms with Crippen LogP contribution in [0.25, 0.3) is 0 Å². The van der Waals surface area contributed by atoms with Gasteiger partial charge in [-0.3, -0.25) is 4.79 Å². The number of ketones is 1. The molecule has 1 unspecified atom stereocenters. The summed E-state index contributed by atoms with van der Waals surface area (Å²) in [7, 11) is 0. The molecule has 0 aromatic heterocycles. The van der Waals surface area contributed by atoms with E-state index < -0.39 is 17.8 Å². The third kappa shape index (κ3) is 2.30. The molecule has 0 radical (unpaired) electrons. The Kier molecular flexibility index (Phi) is 2.89. The Morgan fingerprint density at radius 3 is 2.76 bits per heavy atom. The Balaban J connectivity index is 2.40. The molecule has 0 amide bonds. The highest BCUT2D eigenvalue weighted by atomic mass is 19.4. The normalized spacial score (nSPS) is 25.5. The van der Waals surface area contributed by atoms with Gasteiger partial charge in [0.25, 0.3) is 0 Å². The Bertz CT molecular complexity index is 409. The van der Waals surface area contributed by atoms with Gasteiger partial charge in [0.15, 0.2) is 5.78 Å². The lowest BCUT2D eigenvalue weighted by Crippen LogP contribution is -2.40. The molecule has 6 heteroatoms. The lowest BCUT2D eigenvalue weighted by Gasteiger charge is -2.27. The molecule has 0 aromatic rings. The Labute approximate surface area is 96.8 Å². The van der Waals surface area contributed by atoms with E-state index in [1.807, 2.05) is 0 Å². The summed E-state index contributed by atoms with van der Waals surface area (Å²) in [6, 6.07) is -0.891. The number of allylic oxidation sites excluding steroid dienone is 2. The van der Waals surface area contributed by atoms with Gasteiger partial charge in [0, 0.05) is 13.0 Å². The minimum absolute atomic E-state index is 0.130. The number of halogens is 3. The van der Waals surface area contributed by atoms with Crippen molar-refractivity contribution in [1.29, 1.82) is 0 Å². The first-order chi connectivity index (χ1) is 7.89. The monoisotopic (exact) mass is 246 g/mol. The van der Waals surface area contributed by atoms with Crippen molar-refractivity contribution in [1.82, 2.24) is 10.6 Å². The lowest BCUT2D eigenvalue weighted by molar-refractivity contribution is -0.116. The Hall–Kier alpha value is -1.46. The van der Waals surface area contributed by atoms with E-state index in [2.05, 4.69) is 10.6 Å². The van der Waals surface area contributed by atoms with Gasteiger partial charge in [-0.2, -0.15) is 13.2 Å². The first-order valence-corrected chi connectivity index (χ1v) is 5.46. The van der Waals surface area contributed by atoms with E-state index in [9.17, 15) is 18.0 Å². The largest absolute Gasteiger partial charge is 0.414 e. The number of dihydropyridines is 1. The van der Waals surface area contributed by atoms with Crippen LogP contribution in [0.1, 0.15) is 19.8 Å². The maximum absolute atomic E-state index is 12.7. The SMILES string of the molecule is CC1NC2=C(C=C1C(F)(F)F)NCCCC2=O. The van der Waals surface area contributed by atoms with Crippen LogP contribution in [0, 0.1) is 0 Å². The summed E-state index contributed by atoms with van der Waals surface area (Å²) >= 11 is 0. The number of rotatable bonds is 0. The third-order valence-electron chi connectivity index (χ3n) is 2.90. The highest BCUT2D eigenvalue weighted by Crippen LogP contribution is 2.32. The van der Waals surface area contributed by atoms with Crippen molar-refractivity contribution in [3.8, 4) is 0 Å². The second-order valence-corrected chi connectivity index (χ2v) is 4.21. The standard InChI is InChI=1S/C11H13F3N2O/c1-6-7(11(12,13)14)5-8-10(16-6)9(17)3-2-4-15-8/h5-6,15-16H,2-4H2,1H3. The van der Waals surface area contributed by atoms with E-state index in [-0.39, 0.29) is 17.2 Å². The van der Waals surface area contributed by atoms with E-state index >= 15 is 0 Å². The van der Waals surface area contributed by atoms with Crippen molar-refractivity contribution in [3.63, 3.8) is 0 Å². The zero-order chi connectivity index (χ0) is 12.6. The van der Waals surface area contributed by atoms with Crippen LogP contribution in [-0.2, 0) is 4.79 Å². The molecule has 2 aliphatic rings. The third-order valence-corrected chi connectivity index (χ3v) is 2.90. The number of carbonyl (C=O) groups excluding carboxylic acids is 1. The molecule has 3 nitrogen and oxygen atoms in total. The van der Waals surface area contributed by atoms with Crippen molar-refractivity contribution >= 4 is 5.78 Å². The van der Waals surface area contributed by atoms with Crippen LogP contribution in [0.2, 0.25) is 0 Å². The molecule has 2 rings (SSSR count). The second-order valence-electron chi connectivity index (χ2n) is 4.21. The van der Waals surface area contributed by atoms with Crippen LogP contribution >= 0.6 is 0 Å². The van der Waals surface area contributed by atoms with Gasteiger partial charge in [0.1, 0.15) is 5.70 Å². The highest BCUT2D eigenvalue weighted by molar-refractivity contribution is 5.96. The summed E-state index contributed by atoms with van der Waals surface area (Å²) in [6.45, 7) is 1.92. The van der Waals surface area contributed by atoms with Gasteiger partial charge in [-0.15, -0.1) is 0 Å². The Morgan fingerprint density at radius 2 is 2.12 bits per heavy atom. The number of nitrogens with one attached hydrogen (secondary N) is 2. The molecule has 0 fully saturated rings. The number of hydrogen-bond donors (Lipinski definition) is 2. The van der Waals surface area contributed by atoms with Crippen LogP contribution in [0.3, 0.4) is 0 Å². The summed E-state index contributed by atoms with van der Waals surface area (Å²) < 4.78 is 38.1. The molecule has 17 heavy (non-hydrogen) atoms. The highest BCUT2D eigenvalue weighted by Gasteiger charge is 2.40. The van der Waals surface area contributed by atoms with Crippen molar-refractivity contribution in [3.05, 3.63) is 23.0 Å². The molecule has 2 N–H and O–H groups in total. The number of hydrogen-bond acceptors (Lipinski definition) is 3. The van der Waals surface area contributed by atoms with Gasteiger partial charge in [-0.25, -0.2) is 0 Å². The van der Waals surface area contributed by atoms with E-state index in [1.54, 1.807) is 0 Å². The van der Waals surface area contributed by atoms with Crippen molar-refractivity contribution in [2.24, 2.45) is 0 Å². The summed E-state index contributed by atoms with van der Waals surface area (Å²) in [5.74, 6) is -0.130. The minimum atomic E-state index is -4.37. The minimum Gasteiger partial charge on any atom is -0.383 e. The summed E-state index contributed by atoms with van der Waals surface area (Å²) in [6.07, 6.45) is -2.33. The average molecular weight is 246 g/mol. The molecule has 0 bridgehead atoms. The summed E-state index contributed by atoms with van der Waals surface area (Å²) in [5, 5.41) is 5.50. The molecule has 1 atom stereocenters. The van der Waals surface area contributed by atoms with E-state index in [4.69, 9.17) is 0 Å². The maximum atomic E-state index is 12.7. The lowest BCUT2D eigenvalue weighted by atomic mass is 10.00. The molecule has 94 valence electrons. The molecule has 2 aliphatic heterocycles. The fourth-order valence-electron chi connectivity index (χ4n) is 2.02. The van der Waals surface area contributed by atoms with Crippen LogP contribution in [0.15, 0.2) is 23.0 Å². The molecule has 0 saturated heterocycles. The van der Waals surface area contributed by atoms with Crippen molar-refractivity contribution in [2.45, 2.75) is 32.0 Å². The van der Waals surface area contributed by atoms with Crippen LogP contribution < -0.4 is 10.6 Å². The van der Waals surface area contributed by atoms with Gasteiger partial charge >= 0.3 is 6.18 Å². The average Bonchev–Trinajstić information content (AvgIpc) is 2.39. The topological polar surface area (TPSA) is 41.1 Å². The Morgan fingerprint density at radius 1 is 1.41 bits per heavy atom.